The molecule has 0 spiro atoms. The van der Waals surface area contributed by atoms with Crippen LogP contribution in [0.4, 0.5) is 5.00 Å². The Hall–Kier alpha value is -2.15. The first kappa shape index (κ1) is 21.7. The van der Waals surface area contributed by atoms with Crippen molar-refractivity contribution in [2.45, 2.75) is 70.0 Å². The van der Waals surface area contributed by atoms with Crippen LogP contribution in [0.5, 0.6) is 0 Å². The van der Waals surface area contributed by atoms with Crippen molar-refractivity contribution in [2.24, 2.45) is 0 Å². The van der Waals surface area contributed by atoms with Crippen LogP contribution in [0.25, 0.3) is 10.2 Å². The molecule has 0 fully saturated rings. The molecule has 0 saturated heterocycles. The smallest absolute Gasteiger partial charge is 0.263 e. The summed E-state index contributed by atoms with van der Waals surface area (Å²) in [7, 11) is 0. The number of nitrogens with zero attached hydrogens (tertiary/aromatic N) is 3. The van der Waals surface area contributed by atoms with Gasteiger partial charge in [-0.1, -0.05) is 18.7 Å². The van der Waals surface area contributed by atoms with Crippen molar-refractivity contribution in [1.29, 1.82) is 5.26 Å². The first-order valence-corrected chi connectivity index (χ1v) is 13.7. The van der Waals surface area contributed by atoms with Gasteiger partial charge < -0.3 is 5.32 Å². The maximum Gasteiger partial charge on any atom is 0.263 e. The Kier molecular flexibility index (Phi) is 6.10. The molecule has 0 atom stereocenters. The fourth-order valence-electron chi connectivity index (χ4n) is 4.65. The predicted molar refractivity (Wildman–Crippen MR) is 131 cm³/mol. The van der Waals surface area contributed by atoms with E-state index in [1.165, 1.54) is 38.4 Å². The Morgan fingerprint density at radius 2 is 1.91 bits per heavy atom. The normalized spacial score (nSPS) is 14.9. The van der Waals surface area contributed by atoms with Crippen molar-refractivity contribution in [3.05, 3.63) is 36.8 Å². The Morgan fingerprint density at radius 3 is 2.72 bits per heavy atom. The molecule has 6 nitrogen and oxygen atoms in total. The third-order valence-corrected chi connectivity index (χ3v) is 9.47. The largest absolute Gasteiger partial charge is 0.316 e. The van der Waals surface area contributed by atoms with E-state index >= 15 is 0 Å². The Bertz CT molecular complexity index is 1310. The van der Waals surface area contributed by atoms with Gasteiger partial charge in [0.25, 0.3) is 5.56 Å². The summed E-state index contributed by atoms with van der Waals surface area (Å²) in [6.07, 6.45) is 8.05. The maximum absolute atomic E-state index is 13.3. The Morgan fingerprint density at radius 1 is 1.16 bits per heavy atom. The highest BCUT2D eigenvalue weighted by atomic mass is 32.2. The minimum Gasteiger partial charge on any atom is -0.316 e. The van der Waals surface area contributed by atoms with E-state index in [4.69, 9.17) is 4.98 Å². The molecule has 0 aromatic carbocycles. The van der Waals surface area contributed by atoms with Gasteiger partial charge in [-0.3, -0.25) is 14.2 Å². The van der Waals surface area contributed by atoms with Gasteiger partial charge in [0.1, 0.15) is 15.9 Å². The van der Waals surface area contributed by atoms with Gasteiger partial charge in [-0.05, 0) is 62.5 Å². The molecule has 3 aromatic rings. The van der Waals surface area contributed by atoms with Gasteiger partial charge in [0.05, 0.1) is 16.7 Å². The lowest BCUT2D eigenvalue weighted by Crippen LogP contribution is -2.24. The molecule has 0 bridgehead atoms. The average Bonchev–Trinajstić information content (AvgIpc) is 3.46. The minimum absolute atomic E-state index is 0.0249. The molecular formula is C23H24N4O2S3. The van der Waals surface area contributed by atoms with Gasteiger partial charge >= 0.3 is 0 Å². The summed E-state index contributed by atoms with van der Waals surface area (Å²) in [6, 6.07) is 2.29. The van der Waals surface area contributed by atoms with E-state index in [0.29, 0.717) is 22.3 Å². The van der Waals surface area contributed by atoms with Gasteiger partial charge in [-0.15, -0.1) is 22.7 Å². The summed E-state index contributed by atoms with van der Waals surface area (Å²) in [5.41, 5.74) is 2.95. The summed E-state index contributed by atoms with van der Waals surface area (Å²) >= 11 is 4.46. The first-order valence-electron chi connectivity index (χ1n) is 11.1. The second-order valence-electron chi connectivity index (χ2n) is 8.25. The monoisotopic (exact) mass is 484 g/mol. The van der Waals surface area contributed by atoms with Crippen molar-refractivity contribution >= 4 is 55.6 Å². The van der Waals surface area contributed by atoms with Crippen molar-refractivity contribution in [3.63, 3.8) is 0 Å². The topological polar surface area (TPSA) is 87.8 Å². The number of thiophene rings is 2. The van der Waals surface area contributed by atoms with Gasteiger partial charge in [0.2, 0.25) is 5.91 Å². The highest BCUT2D eigenvalue weighted by molar-refractivity contribution is 7.99. The average molecular weight is 485 g/mol. The van der Waals surface area contributed by atoms with Crippen LogP contribution >= 0.6 is 34.4 Å². The lowest BCUT2D eigenvalue weighted by atomic mass is 9.96. The zero-order chi connectivity index (χ0) is 22.2. The number of fused-ring (bicyclic) bond motifs is 4. The van der Waals surface area contributed by atoms with E-state index in [1.54, 1.807) is 15.9 Å². The fourth-order valence-corrected chi connectivity index (χ4v) is 8.04. The maximum atomic E-state index is 13.3. The Labute approximate surface area is 198 Å². The summed E-state index contributed by atoms with van der Waals surface area (Å²) in [5, 5.41) is 14.6. The van der Waals surface area contributed by atoms with Crippen LogP contribution in [0, 0.1) is 11.3 Å². The van der Waals surface area contributed by atoms with Gasteiger partial charge in [-0.2, -0.15) is 5.26 Å². The number of aryl methyl sites for hydroxylation is 3. The standard InChI is InChI=1S/C23H24N4O2S3/c1-2-10-27-22(29)19-14-7-5-9-17(14)32-21(19)26-23(27)30-12-18(28)25-20-15(11-24)13-6-3-4-8-16(13)31-20/h2-10,12H2,1H3,(H,25,28). The zero-order valence-corrected chi connectivity index (χ0v) is 20.4. The molecule has 0 aliphatic heterocycles. The second kappa shape index (κ2) is 9.00. The van der Waals surface area contributed by atoms with Crippen LogP contribution in [0.2, 0.25) is 0 Å². The van der Waals surface area contributed by atoms with Crippen LogP contribution in [-0.2, 0) is 37.0 Å². The molecule has 2 aliphatic carbocycles. The molecule has 9 heteroatoms. The third-order valence-electron chi connectivity index (χ3n) is 6.11. The zero-order valence-electron chi connectivity index (χ0n) is 18.0. The van der Waals surface area contributed by atoms with Gasteiger partial charge in [0, 0.05) is 16.3 Å². The number of carbonyl (C=O) groups excluding carboxylic acids is 1. The third kappa shape index (κ3) is 3.78. The van der Waals surface area contributed by atoms with Crippen LogP contribution < -0.4 is 10.9 Å². The van der Waals surface area contributed by atoms with Crippen molar-refractivity contribution in [1.82, 2.24) is 9.55 Å². The number of hydrogen-bond acceptors (Lipinski definition) is 7. The number of carbonyl (C=O) groups is 1. The van der Waals surface area contributed by atoms with E-state index in [9.17, 15) is 14.9 Å². The summed E-state index contributed by atoms with van der Waals surface area (Å²) < 4.78 is 1.73. The number of nitrogens with one attached hydrogen (secondary N) is 1. The number of rotatable bonds is 6. The number of aromatic nitrogens is 2. The molecule has 32 heavy (non-hydrogen) atoms. The number of thioether (sulfide) groups is 1. The molecule has 3 heterocycles. The predicted octanol–water partition coefficient (Wildman–Crippen LogP) is 4.90. The van der Waals surface area contributed by atoms with E-state index < -0.39 is 0 Å². The quantitative estimate of drug-likeness (QED) is 0.397. The lowest BCUT2D eigenvalue weighted by molar-refractivity contribution is -0.113. The van der Waals surface area contributed by atoms with Gasteiger partial charge in [0.15, 0.2) is 5.16 Å². The Balaban J connectivity index is 1.38. The molecular weight excluding hydrogens is 460 g/mol. The van der Waals surface area contributed by atoms with Crippen LogP contribution in [0.3, 0.4) is 0 Å². The first-order chi connectivity index (χ1) is 15.6. The molecule has 0 radical (unpaired) electrons. The number of hydrogen-bond donors (Lipinski definition) is 1. The van der Waals surface area contributed by atoms with Crippen molar-refractivity contribution < 1.29 is 4.79 Å². The number of nitriles is 1. The minimum atomic E-state index is -0.170. The molecule has 2 aliphatic rings. The molecule has 5 rings (SSSR count). The van der Waals surface area contributed by atoms with Crippen molar-refractivity contribution in [3.8, 4) is 6.07 Å². The SMILES string of the molecule is CCCn1c(SCC(=O)Nc2sc3c(c2C#N)CCCC3)nc2sc3c(c2c1=O)CCC3. The summed E-state index contributed by atoms with van der Waals surface area (Å²) in [5.74, 6) is -0.0173. The fraction of sp³-hybridized carbons (Fsp3) is 0.478. The van der Waals surface area contributed by atoms with Crippen LogP contribution in [-0.4, -0.2) is 21.2 Å². The summed E-state index contributed by atoms with van der Waals surface area (Å²) in [4.78, 5) is 34.1. The van der Waals surface area contributed by atoms with Crippen LogP contribution in [0.15, 0.2) is 9.95 Å². The molecule has 1 amide bonds. The van der Waals surface area contributed by atoms with Gasteiger partial charge in [-0.25, -0.2) is 4.98 Å². The summed E-state index contributed by atoms with van der Waals surface area (Å²) in [6.45, 7) is 2.63. The number of anilines is 1. The molecule has 166 valence electrons. The number of amides is 1. The van der Waals surface area contributed by atoms with E-state index in [-0.39, 0.29) is 17.2 Å². The van der Waals surface area contributed by atoms with Crippen LogP contribution in [0.1, 0.15) is 59.1 Å². The lowest BCUT2D eigenvalue weighted by Gasteiger charge is -2.11. The van der Waals surface area contributed by atoms with Crippen molar-refractivity contribution in [2.75, 3.05) is 11.1 Å². The van der Waals surface area contributed by atoms with E-state index in [0.717, 1.165) is 67.1 Å². The highest BCUT2D eigenvalue weighted by Crippen LogP contribution is 2.38. The van der Waals surface area contributed by atoms with E-state index in [2.05, 4.69) is 11.4 Å². The molecule has 0 unspecified atom stereocenters. The highest BCUT2D eigenvalue weighted by Gasteiger charge is 2.24. The molecule has 0 saturated carbocycles. The molecule has 3 aromatic heterocycles. The second-order valence-corrected chi connectivity index (χ2v) is 11.4. The van der Waals surface area contributed by atoms with E-state index in [1.807, 2.05) is 6.92 Å². The molecule has 1 N–H and O–H groups in total.